The standard InChI is InChI=1S/C22H28N4O5S/c1-25(2)32(29,30)26(17-9-4-3-5-10-17)16-21(27)24-20-13-7-6-12-19(20)22(28)23-15-18-11-8-14-31-18/h3-7,9-10,12-13,18H,8,11,14-16H2,1-2H3,(H,23,28)(H,24,27)/t18-/m0/s1. The van der Waals surface area contributed by atoms with Crippen LogP contribution in [-0.2, 0) is 19.7 Å². The van der Waals surface area contributed by atoms with Gasteiger partial charge in [0.2, 0.25) is 5.91 Å². The van der Waals surface area contributed by atoms with Gasteiger partial charge in [0.05, 0.1) is 23.0 Å². The topological polar surface area (TPSA) is 108 Å². The zero-order valence-electron chi connectivity index (χ0n) is 18.2. The maximum atomic E-state index is 12.8. The molecule has 2 N–H and O–H groups in total. The smallest absolute Gasteiger partial charge is 0.304 e. The summed E-state index contributed by atoms with van der Waals surface area (Å²) in [7, 11) is -1.11. The maximum Gasteiger partial charge on any atom is 0.304 e. The van der Waals surface area contributed by atoms with Crippen molar-refractivity contribution in [2.24, 2.45) is 0 Å². The highest BCUT2D eigenvalue weighted by Gasteiger charge is 2.27. The minimum absolute atomic E-state index is 0.00336. The number of amides is 2. The second-order valence-corrected chi connectivity index (χ2v) is 9.64. The van der Waals surface area contributed by atoms with Crippen molar-refractivity contribution in [2.75, 3.05) is 43.4 Å². The van der Waals surface area contributed by atoms with Crippen molar-refractivity contribution in [2.45, 2.75) is 18.9 Å². The molecule has 3 rings (SSSR count). The number of nitrogens with one attached hydrogen (secondary N) is 2. The van der Waals surface area contributed by atoms with Gasteiger partial charge in [0.1, 0.15) is 6.54 Å². The number of hydrogen-bond acceptors (Lipinski definition) is 5. The number of para-hydroxylation sites is 2. The largest absolute Gasteiger partial charge is 0.376 e. The zero-order chi connectivity index (χ0) is 23.1. The molecule has 0 saturated carbocycles. The van der Waals surface area contributed by atoms with Crippen LogP contribution in [0.3, 0.4) is 0 Å². The lowest BCUT2D eigenvalue weighted by Crippen LogP contribution is -2.44. The number of anilines is 2. The van der Waals surface area contributed by atoms with Crippen molar-refractivity contribution in [3.63, 3.8) is 0 Å². The number of nitrogens with zero attached hydrogens (tertiary/aromatic N) is 2. The fraction of sp³-hybridized carbons (Fsp3) is 0.364. The molecular formula is C22H28N4O5S. The molecule has 10 heteroatoms. The van der Waals surface area contributed by atoms with Gasteiger partial charge in [-0.3, -0.25) is 9.59 Å². The van der Waals surface area contributed by atoms with E-state index in [0.29, 0.717) is 30.1 Å². The Kier molecular flexibility index (Phi) is 7.84. The summed E-state index contributed by atoms with van der Waals surface area (Å²) in [4.78, 5) is 25.5. The van der Waals surface area contributed by atoms with Crippen LogP contribution < -0.4 is 14.9 Å². The van der Waals surface area contributed by atoms with Crippen LogP contribution in [0.4, 0.5) is 11.4 Å². The molecule has 1 aliphatic heterocycles. The van der Waals surface area contributed by atoms with Gasteiger partial charge in [0.25, 0.3) is 5.91 Å². The van der Waals surface area contributed by atoms with Gasteiger partial charge in [-0.2, -0.15) is 12.7 Å². The molecule has 1 atom stereocenters. The molecule has 0 radical (unpaired) electrons. The van der Waals surface area contributed by atoms with Gasteiger partial charge in [0, 0.05) is 27.2 Å². The van der Waals surface area contributed by atoms with Crippen LogP contribution in [0.25, 0.3) is 0 Å². The molecule has 0 aromatic heterocycles. The highest BCUT2D eigenvalue weighted by atomic mass is 32.2. The van der Waals surface area contributed by atoms with Gasteiger partial charge in [-0.1, -0.05) is 30.3 Å². The minimum Gasteiger partial charge on any atom is -0.376 e. The van der Waals surface area contributed by atoms with E-state index in [-0.39, 0.29) is 12.0 Å². The molecular weight excluding hydrogens is 432 g/mol. The van der Waals surface area contributed by atoms with Gasteiger partial charge in [-0.15, -0.1) is 0 Å². The molecule has 172 valence electrons. The second kappa shape index (κ2) is 10.6. The summed E-state index contributed by atoms with van der Waals surface area (Å²) in [6, 6.07) is 15.0. The van der Waals surface area contributed by atoms with E-state index in [2.05, 4.69) is 10.6 Å². The Morgan fingerprint density at radius 1 is 1.06 bits per heavy atom. The van der Waals surface area contributed by atoms with Crippen LogP contribution in [0, 0.1) is 0 Å². The molecule has 0 bridgehead atoms. The van der Waals surface area contributed by atoms with Gasteiger partial charge in [0.15, 0.2) is 0 Å². The molecule has 1 fully saturated rings. The third-order valence-electron chi connectivity index (χ3n) is 5.03. The molecule has 2 amide bonds. The van der Waals surface area contributed by atoms with E-state index in [9.17, 15) is 18.0 Å². The molecule has 1 heterocycles. The first-order valence-electron chi connectivity index (χ1n) is 10.3. The van der Waals surface area contributed by atoms with E-state index in [4.69, 9.17) is 4.74 Å². The summed E-state index contributed by atoms with van der Waals surface area (Å²) < 4.78 is 33.2. The van der Waals surface area contributed by atoms with Crippen LogP contribution in [-0.4, -0.2) is 64.4 Å². The van der Waals surface area contributed by atoms with Crippen molar-refractivity contribution < 1.29 is 22.7 Å². The number of carbonyl (C=O) groups excluding carboxylic acids is 2. The van der Waals surface area contributed by atoms with E-state index in [0.717, 1.165) is 21.5 Å². The SMILES string of the molecule is CN(C)S(=O)(=O)N(CC(=O)Nc1ccccc1C(=O)NC[C@@H]1CCCO1)c1ccccc1. The molecule has 9 nitrogen and oxygen atoms in total. The van der Waals surface area contributed by atoms with Crippen LogP contribution in [0.5, 0.6) is 0 Å². The normalized spacial score (nSPS) is 16.0. The van der Waals surface area contributed by atoms with Crippen molar-refractivity contribution in [1.29, 1.82) is 0 Å². The maximum absolute atomic E-state index is 12.8. The van der Waals surface area contributed by atoms with Gasteiger partial charge >= 0.3 is 10.2 Å². The zero-order valence-corrected chi connectivity index (χ0v) is 19.0. The lowest BCUT2D eigenvalue weighted by Gasteiger charge is -2.27. The Morgan fingerprint density at radius 2 is 1.75 bits per heavy atom. The lowest BCUT2D eigenvalue weighted by molar-refractivity contribution is -0.114. The van der Waals surface area contributed by atoms with E-state index < -0.39 is 22.7 Å². The first kappa shape index (κ1) is 23.7. The molecule has 32 heavy (non-hydrogen) atoms. The molecule has 2 aromatic carbocycles. The number of rotatable bonds is 9. The van der Waals surface area contributed by atoms with Crippen LogP contribution in [0.1, 0.15) is 23.2 Å². The predicted molar refractivity (Wildman–Crippen MR) is 123 cm³/mol. The first-order chi connectivity index (χ1) is 15.3. The monoisotopic (exact) mass is 460 g/mol. The average Bonchev–Trinajstić information content (AvgIpc) is 3.30. The average molecular weight is 461 g/mol. The third-order valence-corrected chi connectivity index (χ3v) is 6.85. The van der Waals surface area contributed by atoms with Crippen molar-refractivity contribution in [3.8, 4) is 0 Å². The number of benzene rings is 2. The molecule has 0 spiro atoms. The van der Waals surface area contributed by atoms with Crippen molar-refractivity contribution in [1.82, 2.24) is 9.62 Å². The number of carbonyl (C=O) groups is 2. The highest BCUT2D eigenvalue weighted by Crippen LogP contribution is 2.20. The first-order valence-corrected chi connectivity index (χ1v) is 11.7. The molecule has 2 aromatic rings. The third kappa shape index (κ3) is 5.84. The van der Waals surface area contributed by atoms with Gasteiger partial charge in [-0.05, 0) is 37.1 Å². The second-order valence-electron chi connectivity index (χ2n) is 7.57. The number of hydrogen-bond donors (Lipinski definition) is 2. The Labute approximate surface area is 188 Å². The summed E-state index contributed by atoms with van der Waals surface area (Å²) in [5, 5.41) is 5.51. The van der Waals surface area contributed by atoms with Gasteiger partial charge in [-0.25, -0.2) is 4.31 Å². The summed E-state index contributed by atoms with van der Waals surface area (Å²) in [6.07, 6.45) is 1.87. The minimum atomic E-state index is -3.91. The highest BCUT2D eigenvalue weighted by molar-refractivity contribution is 7.90. The Balaban J connectivity index is 1.73. The summed E-state index contributed by atoms with van der Waals surface area (Å²) >= 11 is 0. The van der Waals surface area contributed by atoms with E-state index in [1.807, 2.05) is 0 Å². The molecule has 1 aliphatic rings. The van der Waals surface area contributed by atoms with Gasteiger partial charge < -0.3 is 15.4 Å². The molecule has 0 aliphatic carbocycles. The molecule has 1 saturated heterocycles. The fourth-order valence-electron chi connectivity index (χ4n) is 3.31. The molecule has 0 unspecified atom stereocenters. The number of ether oxygens (including phenoxy) is 1. The Hall–Kier alpha value is -2.95. The quantitative estimate of drug-likeness (QED) is 0.594. The van der Waals surface area contributed by atoms with Crippen LogP contribution in [0.15, 0.2) is 54.6 Å². The summed E-state index contributed by atoms with van der Waals surface area (Å²) in [5.74, 6) is -0.907. The lowest BCUT2D eigenvalue weighted by atomic mass is 10.1. The Bertz CT molecular complexity index is 1040. The van der Waals surface area contributed by atoms with Crippen molar-refractivity contribution in [3.05, 3.63) is 60.2 Å². The van der Waals surface area contributed by atoms with E-state index in [1.54, 1.807) is 54.6 Å². The van der Waals surface area contributed by atoms with Crippen LogP contribution >= 0.6 is 0 Å². The Morgan fingerprint density at radius 3 is 2.41 bits per heavy atom. The predicted octanol–water partition coefficient (Wildman–Crippen LogP) is 1.85. The van der Waals surface area contributed by atoms with Crippen molar-refractivity contribution >= 4 is 33.4 Å². The van der Waals surface area contributed by atoms with E-state index in [1.165, 1.54) is 14.1 Å². The van der Waals surface area contributed by atoms with E-state index >= 15 is 0 Å². The summed E-state index contributed by atoms with van der Waals surface area (Å²) in [5.41, 5.74) is 0.956. The fourth-order valence-corrected chi connectivity index (χ4v) is 4.38. The summed E-state index contributed by atoms with van der Waals surface area (Å²) in [6.45, 7) is 0.640. The van der Waals surface area contributed by atoms with Crippen LogP contribution in [0.2, 0.25) is 0 Å².